The number of amides is 1. The van der Waals surface area contributed by atoms with Gasteiger partial charge in [0.1, 0.15) is 0 Å². The van der Waals surface area contributed by atoms with E-state index in [2.05, 4.69) is 5.32 Å². The molecule has 5 nitrogen and oxygen atoms in total. The van der Waals surface area contributed by atoms with Gasteiger partial charge < -0.3 is 5.32 Å². The molecule has 1 amide bonds. The second kappa shape index (κ2) is 5.77. The van der Waals surface area contributed by atoms with Gasteiger partial charge in [-0.2, -0.15) is 4.39 Å². The van der Waals surface area contributed by atoms with Crippen molar-refractivity contribution in [3.63, 3.8) is 0 Å². The molecule has 0 aromatic heterocycles. The normalized spacial score (nSPS) is 11.2. The third-order valence-corrected chi connectivity index (χ3v) is 2.73. The molecule has 1 N–H and O–H groups in total. The fourth-order valence-corrected chi connectivity index (χ4v) is 1.86. The smallest absolute Gasteiger partial charge is 0.304 e. The maximum atomic E-state index is 13.4. The molecule has 1 rings (SSSR count). The Hall–Kier alpha value is -1.98. The van der Waals surface area contributed by atoms with Crippen LogP contribution in [0.5, 0.6) is 0 Å². The molecule has 0 fully saturated rings. The number of hydrogen-bond donors (Lipinski definition) is 1. The minimum atomic E-state index is -1.01. The fraction of sp³-hybridized carbons (Fsp3) is 0.462. The van der Waals surface area contributed by atoms with Crippen LogP contribution in [0.3, 0.4) is 0 Å². The van der Waals surface area contributed by atoms with Gasteiger partial charge >= 0.3 is 5.69 Å². The zero-order valence-corrected chi connectivity index (χ0v) is 11.2. The van der Waals surface area contributed by atoms with Crippen LogP contribution >= 0.6 is 0 Å². The van der Waals surface area contributed by atoms with Crippen LogP contribution < -0.4 is 5.32 Å². The molecule has 19 heavy (non-hydrogen) atoms. The summed E-state index contributed by atoms with van der Waals surface area (Å²) in [7, 11) is 0. The average Bonchev–Trinajstić information content (AvgIpc) is 2.27. The van der Waals surface area contributed by atoms with Gasteiger partial charge in [-0.15, -0.1) is 0 Å². The standard InChI is InChI=1S/C13H17FN2O3/c1-4-7-13(2,3)15-12(17)9-5-6-11(16(18)19)10(14)8-9/h5-6,8H,4,7H2,1-3H3,(H,15,17). The van der Waals surface area contributed by atoms with Gasteiger partial charge in [-0.25, -0.2) is 0 Å². The van der Waals surface area contributed by atoms with Gasteiger partial charge in [0.05, 0.1) is 4.92 Å². The molecule has 0 heterocycles. The third kappa shape index (κ3) is 4.01. The van der Waals surface area contributed by atoms with Crippen molar-refractivity contribution >= 4 is 11.6 Å². The number of carbonyl (C=O) groups is 1. The number of halogens is 1. The van der Waals surface area contributed by atoms with Crippen molar-refractivity contribution in [2.45, 2.75) is 39.2 Å². The molecule has 0 saturated heterocycles. The number of carbonyl (C=O) groups excluding carboxylic acids is 1. The average molecular weight is 268 g/mol. The molecule has 0 aliphatic rings. The number of hydrogen-bond acceptors (Lipinski definition) is 3. The summed E-state index contributed by atoms with van der Waals surface area (Å²) in [4.78, 5) is 21.6. The molecule has 0 saturated carbocycles. The van der Waals surface area contributed by atoms with Crippen molar-refractivity contribution in [3.05, 3.63) is 39.7 Å². The lowest BCUT2D eigenvalue weighted by molar-refractivity contribution is -0.387. The van der Waals surface area contributed by atoms with E-state index in [-0.39, 0.29) is 5.56 Å². The van der Waals surface area contributed by atoms with Crippen LogP contribution in [-0.2, 0) is 0 Å². The Morgan fingerprint density at radius 3 is 2.58 bits per heavy atom. The number of nitro groups is 1. The highest BCUT2D eigenvalue weighted by molar-refractivity contribution is 5.94. The van der Waals surface area contributed by atoms with E-state index >= 15 is 0 Å². The maximum Gasteiger partial charge on any atom is 0.304 e. The molecule has 0 atom stereocenters. The van der Waals surface area contributed by atoms with E-state index in [0.29, 0.717) is 0 Å². The summed E-state index contributed by atoms with van der Waals surface area (Å²) in [5.74, 6) is -1.45. The summed E-state index contributed by atoms with van der Waals surface area (Å²) in [5.41, 5.74) is -0.957. The first kappa shape index (κ1) is 15.1. The Balaban J connectivity index is 2.90. The van der Waals surface area contributed by atoms with Crippen molar-refractivity contribution < 1.29 is 14.1 Å². The fourth-order valence-electron chi connectivity index (χ4n) is 1.86. The first-order chi connectivity index (χ1) is 8.76. The molecule has 0 aliphatic carbocycles. The highest BCUT2D eigenvalue weighted by Crippen LogP contribution is 2.19. The largest absolute Gasteiger partial charge is 0.347 e. The Morgan fingerprint density at radius 1 is 1.47 bits per heavy atom. The SMILES string of the molecule is CCCC(C)(C)NC(=O)c1ccc([N+](=O)[O-])c(F)c1. The molecule has 104 valence electrons. The Kier molecular flexibility index (Phi) is 4.58. The van der Waals surface area contributed by atoms with Gasteiger partial charge in [0, 0.05) is 17.2 Å². The van der Waals surface area contributed by atoms with Crippen molar-refractivity contribution in [3.8, 4) is 0 Å². The molecular formula is C13H17FN2O3. The molecule has 1 aromatic carbocycles. The second-order valence-corrected chi connectivity index (χ2v) is 5.01. The van der Waals surface area contributed by atoms with Crippen LogP contribution in [0.1, 0.15) is 44.0 Å². The first-order valence-electron chi connectivity index (χ1n) is 6.03. The second-order valence-electron chi connectivity index (χ2n) is 5.01. The summed E-state index contributed by atoms with van der Waals surface area (Å²) in [6, 6.07) is 3.13. The van der Waals surface area contributed by atoms with Crippen LogP contribution in [0, 0.1) is 15.9 Å². The van der Waals surface area contributed by atoms with E-state index < -0.39 is 27.9 Å². The topological polar surface area (TPSA) is 72.2 Å². The van der Waals surface area contributed by atoms with Crippen LogP contribution in [-0.4, -0.2) is 16.4 Å². The Morgan fingerprint density at radius 2 is 2.11 bits per heavy atom. The highest BCUT2D eigenvalue weighted by Gasteiger charge is 2.22. The van der Waals surface area contributed by atoms with E-state index in [1.54, 1.807) is 0 Å². The molecule has 0 spiro atoms. The summed E-state index contributed by atoms with van der Waals surface area (Å²) in [6.45, 7) is 5.74. The maximum absolute atomic E-state index is 13.4. The lowest BCUT2D eigenvalue weighted by atomic mass is 9.98. The molecule has 1 aromatic rings. The van der Waals surface area contributed by atoms with E-state index in [1.165, 1.54) is 6.07 Å². The molecule has 6 heteroatoms. The predicted octanol–water partition coefficient (Wildman–Crippen LogP) is 3.04. The monoisotopic (exact) mass is 268 g/mol. The summed E-state index contributed by atoms with van der Waals surface area (Å²) >= 11 is 0. The van der Waals surface area contributed by atoms with Gasteiger partial charge in [-0.1, -0.05) is 13.3 Å². The van der Waals surface area contributed by atoms with Gasteiger partial charge in [-0.05, 0) is 32.4 Å². The van der Waals surface area contributed by atoms with Gasteiger partial charge in [0.25, 0.3) is 5.91 Å². The highest BCUT2D eigenvalue weighted by atomic mass is 19.1. The Bertz CT molecular complexity index is 501. The van der Waals surface area contributed by atoms with Crippen molar-refractivity contribution in [2.24, 2.45) is 0 Å². The van der Waals surface area contributed by atoms with Gasteiger partial charge in [-0.3, -0.25) is 14.9 Å². The summed E-state index contributed by atoms with van der Waals surface area (Å²) in [6.07, 6.45) is 1.69. The lowest BCUT2D eigenvalue weighted by Crippen LogP contribution is -2.43. The number of benzene rings is 1. The van der Waals surface area contributed by atoms with Crippen LogP contribution in [0.2, 0.25) is 0 Å². The number of nitrogens with zero attached hydrogens (tertiary/aromatic N) is 1. The number of nitro benzene ring substituents is 1. The Labute approximate surface area is 111 Å². The van der Waals surface area contributed by atoms with Crippen LogP contribution in [0.25, 0.3) is 0 Å². The number of rotatable bonds is 5. The van der Waals surface area contributed by atoms with Gasteiger partial charge in [0.15, 0.2) is 0 Å². The van der Waals surface area contributed by atoms with Crippen molar-refractivity contribution in [2.75, 3.05) is 0 Å². The molecule has 0 unspecified atom stereocenters. The minimum Gasteiger partial charge on any atom is -0.347 e. The minimum absolute atomic E-state index is 0.0762. The van der Waals surface area contributed by atoms with Crippen LogP contribution in [0.15, 0.2) is 18.2 Å². The molecular weight excluding hydrogens is 251 g/mol. The van der Waals surface area contributed by atoms with Crippen LogP contribution in [0.4, 0.5) is 10.1 Å². The van der Waals surface area contributed by atoms with E-state index in [1.807, 2.05) is 20.8 Å². The van der Waals surface area contributed by atoms with Crippen molar-refractivity contribution in [1.29, 1.82) is 0 Å². The quantitative estimate of drug-likeness (QED) is 0.659. The predicted molar refractivity (Wildman–Crippen MR) is 69.5 cm³/mol. The summed E-state index contributed by atoms with van der Waals surface area (Å²) in [5, 5.41) is 13.3. The van der Waals surface area contributed by atoms with E-state index in [4.69, 9.17) is 0 Å². The molecule has 0 radical (unpaired) electrons. The first-order valence-corrected chi connectivity index (χ1v) is 6.03. The van der Waals surface area contributed by atoms with Gasteiger partial charge in [0.2, 0.25) is 5.82 Å². The zero-order chi connectivity index (χ0) is 14.6. The molecule has 0 aliphatic heterocycles. The van der Waals surface area contributed by atoms with E-state index in [0.717, 1.165) is 25.0 Å². The third-order valence-electron chi connectivity index (χ3n) is 2.73. The lowest BCUT2D eigenvalue weighted by Gasteiger charge is -2.25. The van der Waals surface area contributed by atoms with E-state index in [9.17, 15) is 19.3 Å². The zero-order valence-electron chi connectivity index (χ0n) is 11.2. The molecule has 0 bridgehead atoms. The van der Waals surface area contributed by atoms with Crippen molar-refractivity contribution in [1.82, 2.24) is 5.32 Å². The summed E-state index contributed by atoms with van der Waals surface area (Å²) < 4.78 is 13.4. The number of nitrogens with one attached hydrogen (secondary N) is 1.